The molecule has 4 heterocycles. The van der Waals surface area contributed by atoms with Crippen molar-refractivity contribution in [3.8, 4) is 0 Å². The fourth-order valence-electron chi connectivity index (χ4n) is 14.5. The molecule has 8 rings (SSSR count). The van der Waals surface area contributed by atoms with Crippen molar-refractivity contribution in [3.05, 3.63) is 23.3 Å². The maximum Gasteiger partial charge on any atom is 0.333 e. The van der Waals surface area contributed by atoms with E-state index >= 15 is 0 Å². The molecule has 18 nitrogen and oxygen atoms in total. The summed E-state index contributed by atoms with van der Waals surface area (Å²) in [6, 6.07) is 0. The molecule has 0 radical (unpaired) electrons. The van der Waals surface area contributed by atoms with Crippen molar-refractivity contribution in [2.75, 3.05) is 28.4 Å². The quantitative estimate of drug-likeness (QED) is 0.109. The average molecular weight is 1020 g/mol. The van der Waals surface area contributed by atoms with Crippen LogP contribution in [0, 0.1) is 28.6 Å². The van der Waals surface area contributed by atoms with Gasteiger partial charge < -0.3 is 76.9 Å². The molecule has 72 heavy (non-hydrogen) atoms. The predicted molar refractivity (Wildman–Crippen MR) is 258 cm³/mol. The molecule has 0 amide bonds. The van der Waals surface area contributed by atoms with Gasteiger partial charge in [0.15, 0.2) is 25.2 Å². The molecule has 4 aliphatic carbocycles. The lowest BCUT2D eigenvalue weighted by Gasteiger charge is -2.63. The molecule has 25 atom stereocenters. The van der Waals surface area contributed by atoms with Crippen molar-refractivity contribution in [2.24, 2.45) is 28.6 Å². The topological polar surface area (TPSA) is 215 Å². The SMILES string of the molecule is C/C=C(\C)C(=O)O[C@@H]1C[C@H]2[C@@H](CC=C3C[C@@H](O[C@H]4C[C@H](OC)[C@H](O[C@H]5C[C@H](OC)[C@H](O[C@H]6C[C@H](OC)[C@H](O[C@@H]7O[C@H](C)[C@@H](O)[C@H](OC)[C@H]7O)[C@@H](C)O6)[C@@H](C)O5)[C@@H](C)O4)CC[C@@]32C)[C@@]2(O)CC[C@H](C(C)=O)[C@@]12C. The molecule has 0 bridgehead atoms. The Kier molecular flexibility index (Phi) is 17.6. The molecule has 0 unspecified atom stereocenters. The lowest BCUT2D eigenvalue weighted by molar-refractivity contribution is -0.355. The molecule has 4 saturated heterocycles. The Bertz CT molecular complexity index is 1950. The van der Waals surface area contributed by atoms with Crippen LogP contribution in [0.15, 0.2) is 23.3 Å². The monoisotopic (exact) mass is 1020 g/mol. The number of fused-ring (bicyclic) bond motifs is 5. The van der Waals surface area contributed by atoms with E-state index in [2.05, 4.69) is 13.0 Å². The van der Waals surface area contributed by atoms with Gasteiger partial charge in [-0.2, -0.15) is 0 Å². The third-order valence-corrected chi connectivity index (χ3v) is 18.9. The van der Waals surface area contributed by atoms with E-state index in [9.17, 15) is 24.9 Å². The largest absolute Gasteiger partial charge is 0.458 e. The Hall–Kier alpha value is -1.98. The van der Waals surface area contributed by atoms with Gasteiger partial charge in [0.25, 0.3) is 0 Å². The van der Waals surface area contributed by atoms with E-state index in [0.717, 1.165) is 19.3 Å². The number of hydrogen-bond donors (Lipinski definition) is 3. The summed E-state index contributed by atoms with van der Waals surface area (Å²) >= 11 is 0. The van der Waals surface area contributed by atoms with Gasteiger partial charge in [0.05, 0.1) is 54.4 Å². The van der Waals surface area contributed by atoms with Crippen LogP contribution in [0.2, 0.25) is 0 Å². The smallest absolute Gasteiger partial charge is 0.333 e. The van der Waals surface area contributed by atoms with Crippen LogP contribution in [0.25, 0.3) is 0 Å². The van der Waals surface area contributed by atoms with Crippen molar-refractivity contribution in [2.45, 2.75) is 249 Å². The highest BCUT2D eigenvalue weighted by molar-refractivity contribution is 5.88. The molecule has 7 fully saturated rings. The Labute approximate surface area is 426 Å². The number of carbonyl (C=O) groups is 2. The van der Waals surface area contributed by atoms with Gasteiger partial charge in [0, 0.05) is 64.6 Å². The van der Waals surface area contributed by atoms with Crippen molar-refractivity contribution in [1.29, 1.82) is 0 Å². The van der Waals surface area contributed by atoms with Crippen molar-refractivity contribution < 1.29 is 86.5 Å². The lowest BCUT2D eigenvalue weighted by Crippen LogP contribution is -2.66. The van der Waals surface area contributed by atoms with Crippen LogP contribution in [0.4, 0.5) is 0 Å². The molecular formula is C54H86O18. The van der Waals surface area contributed by atoms with Crippen LogP contribution in [0.1, 0.15) is 127 Å². The van der Waals surface area contributed by atoms with E-state index < -0.39 is 121 Å². The van der Waals surface area contributed by atoms with E-state index in [-0.39, 0.29) is 41.2 Å². The summed E-state index contributed by atoms with van der Waals surface area (Å²) in [5, 5.41) is 34.2. The summed E-state index contributed by atoms with van der Waals surface area (Å²) in [7, 11) is 6.32. The second-order valence-corrected chi connectivity index (χ2v) is 22.6. The highest BCUT2D eigenvalue weighted by atomic mass is 16.8. The molecule has 4 aliphatic heterocycles. The van der Waals surface area contributed by atoms with Crippen LogP contribution in [0.3, 0.4) is 0 Å². The zero-order chi connectivity index (χ0) is 52.2. The third-order valence-electron chi connectivity index (χ3n) is 18.9. The maximum absolute atomic E-state index is 13.4. The Morgan fingerprint density at radius 3 is 1.72 bits per heavy atom. The highest BCUT2D eigenvalue weighted by Crippen LogP contribution is 2.68. The van der Waals surface area contributed by atoms with Gasteiger partial charge in [-0.25, -0.2) is 4.79 Å². The van der Waals surface area contributed by atoms with E-state index in [4.69, 9.17) is 61.6 Å². The third kappa shape index (κ3) is 10.3. The predicted octanol–water partition coefficient (Wildman–Crippen LogP) is 5.23. The summed E-state index contributed by atoms with van der Waals surface area (Å²) in [6.07, 6.45) is -1.66. The standard InChI is InChI=1S/C54H86O18/c1-14-26(2)50(58)69-40-22-36-35(54(59)20-18-34(27(3)55)53(40,54)9)16-15-32-21-33(17-19-52(32,36)8)68-41-23-37(60-10)46(29(5)64-41)70-42-24-38(61-11)47(30(6)65-42)71-43-25-39(62-12)48(31(7)66-43)72-51-45(57)49(63-13)44(56)28(4)67-51/h14-15,28-31,33-49,51,56-57,59H,16-25H2,1-13H3/b26-14+/t28-,29-,30-,31-,33+,34-,35-,36+,37+,38+,39+,40-,41+,42+,43+,44-,45-,46-,47-,48-,49+,51+,52+,53+,54+/m1/s1. The fourth-order valence-corrected chi connectivity index (χ4v) is 14.5. The molecule has 0 spiro atoms. The van der Waals surface area contributed by atoms with Gasteiger partial charge in [0.2, 0.25) is 0 Å². The van der Waals surface area contributed by atoms with Gasteiger partial charge in [-0.3, -0.25) is 4.79 Å². The van der Waals surface area contributed by atoms with E-state index in [1.165, 1.54) is 12.7 Å². The van der Waals surface area contributed by atoms with Gasteiger partial charge in [0.1, 0.15) is 48.5 Å². The van der Waals surface area contributed by atoms with Gasteiger partial charge >= 0.3 is 5.97 Å². The lowest BCUT2D eigenvalue weighted by atomic mass is 9.45. The molecule has 8 aliphatic rings. The molecular weight excluding hydrogens is 937 g/mol. The first-order valence-corrected chi connectivity index (χ1v) is 26.6. The number of ketones is 1. The number of Topliss-reactive ketones (excluding diaryl/α,β-unsaturated/α-hetero) is 1. The summed E-state index contributed by atoms with van der Waals surface area (Å²) < 4.78 is 81.2. The fraction of sp³-hybridized carbons (Fsp3) is 0.889. The summed E-state index contributed by atoms with van der Waals surface area (Å²) in [5.41, 5.74) is -0.464. The number of ether oxygens (including phenoxy) is 13. The minimum Gasteiger partial charge on any atom is -0.458 e. The molecule has 3 N–H and O–H groups in total. The highest BCUT2D eigenvalue weighted by Gasteiger charge is 2.71. The van der Waals surface area contributed by atoms with Crippen LogP contribution < -0.4 is 0 Å². The van der Waals surface area contributed by atoms with E-state index in [1.54, 1.807) is 48.2 Å². The number of hydrogen-bond acceptors (Lipinski definition) is 18. The Balaban J connectivity index is 0.857. The molecule has 0 aromatic carbocycles. The van der Waals surface area contributed by atoms with E-state index in [1.807, 2.05) is 34.6 Å². The van der Waals surface area contributed by atoms with Gasteiger partial charge in [-0.1, -0.05) is 31.6 Å². The molecule has 3 saturated carbocycles. The summed E-state index contributed by atoms with van der Waals surface area (Å²) in [6.45, 7) is 16.9. The second kappa shape index (κ2) is 22.5. The number of methoxy groups -OCH3 is 4. The van der Waals surface area contributed by atoms with Crippen LogP contribution >= 0.6 is 0 Å². The first-order valence-electron chi connectivity index (χ1n) is 26.6. The zero-order valence-corrected chi connectivity index (χ0v) is 44.9. The summed E-state index contributed by atoms with van der Waals surface area (Å²) in [5.74, 6) is -0.749. The zero-order valence-electron chi connectivity index (χ0n) is 44.9. The average Bonchev–Trinajstić information content (AvgIpc) is 3.64. The second-order valence-electron chi connectivity index (χ2n) is 22.6. The van der Waals surface area contributed by atoms with Crippen molar-refractivity contribution >= 4 is 11.8 Å². The number of aliphatic hydroxyl groups excluding tert-OH is 2. The first kappa shape index (κ1) is 56.2. The number of carbonyl (C=O) groups excluding carboxylic acids is 2. The number of allylic oxidation sites excluding steroid dienone is 2. The first-order chi connectivity index (χ1) is 34.1. The van der Waals surface area contributed by atoms with E-state index in [0.29, 0.717) is 50.5 Å². The van der Waals surface area contributed by atoms with Gasteiger partial charge in [-0.15, -0.1) is 0 Å². The molecule has 410 valence electrons. The van der Waals surface area contributed by atoms with Crippen molar-refractivity contribution in [1.82, 2.24) is 0 Å². The van der Waals surface area contributed by atoms with Crippen molar-refractivity contribution in [3.63, 3.8) is 0 Å². The molecule has 0 aromatic heterocycles. The van der Waals surface area contributed by atoms with Crippen LogP contribution in [-0.4, -0.2) is 178 Å². The Morgan fingerprint density at radius 1 is 0.667 bits per heavy atom. The number of rotatable bonds is 15. The molecule has 18 heteroatoms. The minimum atomic E-state index is -1.23. The maximum atomic E-state index is 13.4. The van der Waals surface area contributed by atoms with Crippen LogP contribution in [-0.2, 0) is 71.2 Å². The Morgan fingerprint density at radius 2 is 1.21 bits per heavy atom. The van der Waals surface area contributed by atoms with Crippen LogP contribution in [0.5, 0.6) is 0 Å². The number of esters is 1. The van der Waals surface area contributed by atoms with Gasteiger partial charge in [-0.05, 0) is 111 Å². The minimum absolute atomic E-state index is 0.0373. The summed E-state index contributed by atoms with van der Waals surface area (Å²) in [4.78, 5) is 26.5. The molecule has 0 aromatic rings. The normalized spacial score (nSPS) is 49.8. The number of aliphatic hydroxyl groups is 3.